The molecule has 8 nitrogen and oxygen atoms in total. The summed E-state index contributed by atoms with van der Waals surface area (Å²) in [6.07, 6.45) is 0. The van der Waals surface area contributed by atoms with Gasteiger partial charge < -0.3 is 9.47 Å². The Hall–Kier alpha value is -3.72. The summed E-state index contributed by atoms with van der Waals surface area (Å²) in [4.78, 5) is 42.2. The molecule has 1 aliphatic rings. The van der Waals surface area contributed by atoms with Crippen molar-refractivity contribution in [2.24, 2.45) is 0 Å². The summed E-state index contributed by atoms with van der Waals surface area (Å²) in [6.45, 7) is 0. The second kappa shape index (κ2) is 7.60. The Balaban J connectivity index is 1.54. The molecule has 3 aromatic rings. The average molecular weight is 423 g/mol. The lowest BCUT2D eigenvalue weighted by atomic mass is 10.1. The van der Waals surface area contributed by atoms with Crippen LogP contribution in [0.1, 0.15) is 31.1 Å². The molecule has 0 unspecified atom stereocenters. The fraction of sp³-hybridized carbons (Fsp3) is 0.143. The van der Waals surface area contributed by atoms with Gasteiger partial charge in [0.1, 0.15) is 0 Å². The summed E-state index contributed by atoms with van der Waals surface area (Å²) in [5.74, 6) is -0.0203. The lowest BCUT2D eigenvalue weighted by Crippen LogP contribution is -2.24. The van der Waals surface area contributed by atoms with Gasteiger partial charge in [-0.2, -0.15) is 0 Å². The molecule has 0 atom stereocenters. The van der Waals surface area contributed by atoms with E-state index in [0.717, 1.165) is 10.5 Å². The van der Waals surface area contributed by atoms with Gasteiger partial charge in [0, 0.05) is 23.6 Å². The molecule has 0 spiro atoms. The molecule has 3 amide bonds. The van der Waals surface area contributed by atoms with Gasteiger partial charge in [-0.05, 0) is 36.4 Å². The van der Waals surface area contributed by atoms with Crippen LogP contribution in [-0.2, 0) is 0 Å². The molecule has 0 saturated carbocycles. The number of rotatable bonds is 5. The van der Waals surface area contributed by atoms with E-state index >= 15 is 0 Å². The predicted molar refractivity (Wildman–Crippen MR) is 111 cm³/mol. The number of nitrogens with zero attached hydrogens (tertiary/aromatic N) is 2. The van der Waals surface area contributed by atoms with E-state index in [2.05, 4.69) is 10.3 Å². The van der Waals surface area contributed by atoms with E-state index in [1.165, 1.54) is 36.6 Å². The van der Waals surface area contributed by atoms with E-state index in [0.29, 0.717) is 27.9 Å². The molecule has 0 radical (unpaired) electrons. The molecule has 1 N–H and O–H groups in total. The maximum absolute atomic E-state index is 12.6. The van der Waals surface area contributed by atoms with Crippen LogP contribution in [0.25, 0.3) is 11.3 Å². The minimum absolute atomic E-state index is 0.223. The first-order chi connectivity index (χ1) is 14.4. The third kappa shape index (κ3) is 3.29. The third-order valence-electron chi connectivity index (χ3n) is 4.76. The molecule has 2 aromatic carbocycles. The van der Waals surface area contributed by atoms with Crippen molar-refractivity contribution in [1.29, 1.82) is 0 Å². The maximum atomic E-state index is 12.6. The van der Waals surface area contributed by atoms with Crippen LogP contribution in [0, 0.1) is 0 Å². The molecule has 0 aliphatic carbocycles. The zero-order valence-electron chi connectivity index (χ0n) is 16.4. The number of hydrogen-bond acceptors (Lipinski definition) is 7. The number of aromatic nitrogens is 1. The largest absolute Gasteiger partial charge is 0.493 e. The average Bonchev–Trinajstić information content (AvgIpc) is 3.32. The molecule has 4 rings (SSSR count). The molecule has 30 heavy (non-hydrogen) atoms. The molecule has 2 heterocycles. The fourth-order valence-electron chi connectivity index (χ4n) is 3.13. The van der Waals surface area contributed by atoms with E-state index in [1.54, 1.807) is 26.4 Å². The first-order valence-corrected chi connectivity index (χ1v) is 9.76. The lowest BCUT2D eigenvalue weighted by molar-refractivity contribution is 0.0693. The number of anilines is 1. The van der Waals surface area contributed by atoms with E-state index in [1.807, 2.05) is 11.4 Å². The van der Waals surface area contributed by atoms with Crippen molar-refractivity contribution in [3.63, 3.8) is 0 Å². The van der Waals surface area contributed by atoms with Gasteiger partial charge in [-0.3, -0.25) is 24.6 Å². The van der Waals surface area contributed by atoms with Crippen LogP contribution in [0.3, 0.4) is 0 Å². The number of carbonyl (C=O) groups is 3. The first-order valence-electron chi connectivity index (χ1n) is 8.88. The molecular weight excluding hydrogens is 406 g/mol. The highest BCUT2D eigenvalue weighted by Gasteiger charge is 2.33. The van der Waals surface area contributed by atoms with Crippen molar-refractivity contribution >= 4 is 34.2 Å². The summed E-state index contributed by atoms with van der Waals surface area (Å²) in [5.41, 5.74) is 2.28. The van der Waals surface area contributed by atoms with Crippen LogP contribution in [0.15, 0.2) is 41.8 Å². The van der Waals surface area contributed by atoms with E-state index in [-0.39, 0.29) is 17.0 Å². The van der Waals surface area contributed by atoms with Gasteiger partial charge in [-0.25, -0.2) is 4.98 Å². The smallest absolute Gasteiger partial charge is 0.261 e. The van der Waals surface area contributed by atoms with Crippen molar-refractivity contribution in [3.05, 3.63) is 58.5 Å². The second-order valence-corrected chi connectivity index (χ2v) is 7.35. The number of nitrogens with one attached hydrogen (secondary N) is 1. The van der Waals surface area contributed by atoms with Crippen molar-refractivity contribution < 1.29 is 23.9 Å². The monoisotopic (exact) mass is 423 g/mol. The number of ether oxygens (including phenoxy) is 2. The van der Waals surface area contributed by atoms with Crippen LogP contribution in [0.2, 0.25) is 0 Å². The SMILES string of the molecule is COc1ccc(-c2csc(NC(=O)c3ccc4c(c3)C(=O)N(C)C4=O)n2)cc1OC. The number of benzene rings is 2. The Labute approximate surface area is 176 Å². The number of hydrogen-bond donors (Lipinski definition) is 1. The summed E-state index contributed by atoms with van der Waals surface area (Å²) >= 11 is 1.27. The Bertz CT molecular complexity index is 1190. The van der Waals surface area contributed by atoms with Crippen LogP contribution < -0.4 is 14.8 Å². The number of carbonyl (C=O) groups excluding carboxylic acids is 3. The highest BCUT2D eigenvalue weighted by atomic mass is 32.1. The highest BCUT2D eigenvalue weighted by Crippen LogP contribution is 2.33. The zero-order chi connectivity index (χ0) is 21.4. The van der Waals surface area contributed by atoms with Crippen molar-refractivity contribution in [2.75, 3.05) is 26.6 Å². The fourth-order valence-corrected chi connectivity index (χ4v) is 3.85. The summed E-state index contributed by atoms with van der Waals surface area (Å²) in [6, 6.07) is 9.87. The van der Waals surface area contributed by atoms with E-state index < -0.39 is 11.8 Å². The van der Waals surface area contributed by atoms with Crippen molar-refractivity contribution in [1.82, 2.24) is 9.88 Å². The number of amides is 3. The molecule has 0 bridgehead atoms. The number of methoxy groups -OCH3 is 2. The number of thiazole rings is 1. The molecule has 0 fully saturated rings. The van der Waals surface area contributed by atoms with Gasteiger partial charge in [-0.1, -0.05) is 0 Å². The minimum Gasteiger partial charge on any atom is -0.493 e. The summed E-state index contributed by atoms with van der Waals surface area (Å²) < 4.78 is 10.6. The Morgan fingerprint density at radius 3 is 2.47 bits per heavy atom. The van der Waals surface area contributed by atoms with Gasteiger partial charge in [0.2, 0.25) is 0 Å². The molecule has 1 aromatic heterocycles. The standard InChI is InChI=1S/C21H17N3O5S/c1-24-19(26)13-6-4-12(8-14(13)20(24)27)18(25)23-21-22-15(10-30-21)11-5-7-16(28-2)17(9-11)29-3/h4-10H,1-3H3,(H,22,23,25). The van der Waals surface area contributed by atoms with Gasteiger partial charge in [0.25, 0.3) is 17.7 Å². The summed E-state index contributed by atoms with van der Waals surface area (Å²) in [7, 11) is 4.53. The van der Waals surface area contributed by atoms with Crippen LogP contribution in [0.5, 0.6) is 11.5 Å². The molecular formula is C21H17N3O5S. The van der Waals surface area contributed by atoms with E-state index in [9.17, 15) is 14.4 Å². The number of imide groups is 1. The zero-order valence-corrected chi connectivity index (χ0v) is 17.2. The van der Waals surface area contributed by atoms with Crippen molar-refractivity contribution in [3.8, 4) is 22.8 Å². The quantitative estimate of drug-likeness (QED) is 0.633. The maximum Gasteiger partial charge on any atom is 0.261 e. The Morgan fingerprint density at radius 2 is 1.73 bits per heavy atom. The van der Waals surface area contributed by atoms with Crippen LogP contribution in [0.4, 0.5) is 5.13 Å². The Morgan fingerprint density at radius 1 is 1.00 bits per heavy atom. The molecule has 9 heteroatoms. The first kappa shape index (κ1) is 19.6. The second-order valence-electron chi connectivity index (χ2n) is 6.49. The molecule has 0 saturated heterocycles. The Kier molecular flexibility index (Phi) is 4.96. The summed E-state index contributed by atoms with van der Waals surface area (Å²) in [5, 5.41) is 4.95. The van der Waals surface area contributed by atoms with Crippen LogP contribution >= 0.6 is 11.3 Å². The lowest BCUT2D eigenvalue weighted by Gasteiger charge is -2.08. The van der Waals surface area contributed by atoms with Gasteiger partial charge in [-0.15, -0.1) is 11.3 Å². The molecule has 152 valence electrons. The van der Waals surface area contributed by atoms with Gasteiger partial charge in [0.15, 0.2) is 16.6 Å². The third-order valence-corrected chi connectivity index (χ3v) is 5.51. The normalized spacial score (nSPS) is 12.7. The van der Waals surface area contributed by atoms with Crippen molar-refractivity contribution in [2.45, 2.75) is 0 Å². The van der Waals surface area contributed by atoms with Gasteiger partial charge in [0.05, 0.1) is 31.0 Å². The topological polar surface area (TPSA) is 97.8 Å². The number of fused-ring (bicyclic) bond motifs is 1. The van der Waals surface area contributed by atoms with Crippen LogP contribution in [-0.4, -0.2) is 48.9 Å². The van der Waals surface area contributed by atoms with E-state index in [4.69, 9.17) is 9.47 Å². The molecule has 1 aliphatic heterocycles. The minimum atomic E-state index is -0.422. The predicted octanol–water partition coefficient (Wildman–Crippen LogP) is 3.31. The highest BCUT2D eigenvalue weighted by molar-refractivity contribution is 7.14. The van der Waals surface area contributed by atoms with Gasteiger partial charge >= 0.3 is 0 Å².